The van der Waals surface area contributed by atoms with E-state index in [1.54, 1.807) is 16.2 Å². The Morgan fingerprint density at radius 3 is 2.33 bits per heavy atom. The van der Waals surface area contributed by atoms with E-state index in [4.69, 9.17) is 30.5 Å². The molecule has 3 atom stereocenters. The minimum atomic E-state index is -0.583. The molecule has 1 aliphatic heterocycles. The number of ketones is 1. The third-order valence-electron chi connectivity index (χ3n) is 10.3. The van der Waals surface area contributed by atoms with Crippen molar-refractivity contribution in [1.29, 1.82) is 0 Å². The summed E-state index contributed by atoms with van der Waals surface area (Å²) in [6.45, 7) is 10.1. The van der Waals surface area contributed by atoms with Crippen molar-refractivity contribution >= 4 is 40.5 Å². The minimum absolute atomic E-state index is 0.0136. The first kappa shape index (κ1) is 41.8. The summed E-state index contributed by atoms with van der Waals surface area (Å²) in [5, 5.41) is 3.12. The number of unbranched alkanes of at least 4 members (excludes halogenated alkanes) is 3. The van der Waals surface area contributed by atoms with Gasteiger partial charge in [-0.05, 0) is 61.8 Å². The van der Waals surface area contributed by atoms with Gasteiger partial charge in [0.2, 0.25) is 5.91 Å². The number of halogens is 1. The average molecular weight is 782 g/mol. The van der Waals surface area contributed by atoms with Crippen LogP contribution in [0, 0.1) is 24.7 Å². The average Bonchev–Trinajstić information content (AvgIpc) is 3.92. The number of thiazole rings is 1. The second kappa shape index (κ2) is 21.7. The molecular formula is C42H56ClN3O7S. The molecule has 2 aliphatic rings. The van der Waals surface area contributed by atoms with Crippen LogP contribution in [0.4, 0.5) is 0 Å². The Balaban J connectivity index is 1.12. The third-order valence-corrected chi connectivity index (χ3v) is 11.5. The lowest BCUT2D eigenvalue weighted by molar-refractivity contribution is -0.136. The molecule has 1 aliphatic carbocycles. The number of hydrogen-bond acceptors (Lipinski definition) is 9. The van der Waals surface area contributed by atoms with Crippen LogP contribution in [-0.4, -0.2) is 85.7 Å². The summed E-state index contributed by atoms with van der Waals surface area (Å²) in [7, 11) is 0. The first-order valence-electron chi connectivity index (χ1n) is 19.5. The Bertz CT molecular complexity index is 1670. The third kappa shape index (κ3) is 11.4. The molecule has 1 N–H and O–H groups in total. The molecule has 2 aromatic carbocycles. The molecule has 0 radical (unpaired) electrons. The van der Waals surface area contributed by atoms with Crippen molar-refractivity contribution in [3.63, 3.8) is 0 Å². The molecule has 294 valence electrons. The van der Waals surface area contributed by atoms with Crippen molar-refractivity contribution in [2.45, 2.75) is 84.8 Å². The number of amides is 2. The van der Waals surface area contributed by atoms with Gasteiger partial charge >= 0.3 is 0 Å². The van der Waals surface area contributed by atoms with E-state index < -0.39 is 17.9 Å². The topological polar surface area (TPSA) is 116 Å². The number of rotatable bonds is 24. The van der Waals surface area contributed by atoms with Crippen LogP contribution >= 0.6 is 22.9 Å². The molecule has 2 heterocycles. The van der Waals surface area contributed by atoms with Gasteiger partial charge in [-0.15, -0.1) is 22.9 Å². The molecular weight excluding hydrogens is 726 g/mol. The number of ether oxygens (including phenoxy) is 4. The first-order valence-corrected chi connectivity index (χ1v) is 20.9. The van der Waals surface area contributed by atoms with Crippen LogP contribution in [0.3, 0.4) is 0 Å². The summed E-state index contributed by atoms with van der Waals surface area (Å²) < 4.78 is 23.2. The zero-order valence-electron chi connectivity index (χ0n) is 32.0. The zero-order chi connectivity index (χ0) is 38.3. The number of benzene rings is 2. The van der Waals surface area contributed by atoms with Crippen LogP contribution < -0.4 is 10.1 Å². The number of nitrogens with zero attached hydrogens (tertiary/aromatic N) is 2. The van der Waals surface area contributed by atoms with Gasteiger partial charge in [-0.25, -0.2) is 4.98 Å². The summed E-state index contributed by atoms with van der Waals surface area (Å²) in [4.78, 5) is 48.5. The molecule has 0 bridgehead atoms. The number of aryl methyl sites for hydroxylation is 1. The van der Waals surface area contributed by atoms with Gasteiger partial charge < -0.3 is 29.2 Å². The highest BCUT2D eigenvalue weighted by molar-refractivity contribution is 7.13. The lowest BCUT2D eigenvalue weighted by atomic mass is 9.83. The molecule has 3 unspecified atom stereocenters. The maximum atomic E-state index is 14.2. The van der Waals surface area contributed by atoms with E-state index >= 15 is 0 Å². The second-order valence-corrected chi connectivity index (χ2v) is 15.7. The van der Waals surface area contributed by atoms with Crippen molar-refractivity contribution in [3.05, 3.63) is 70.4 Å². The summed E-state index contributed by atoms with van der Waals surface area (Å²) in [6, 6.07) is 12.9. The van der Waals surface area contributed by atoms with Gasteiger partial charge in [0, 0.05) is 48.5 Å². The molecule has 54 heavy (non-hydrogen) atoms. The van der Waals surface area contributed by atoms with Crippen LogP contribution in [-0.2, 0) is 36.9 Å². The Morgan fingerprint density at radius 2 is 1.63 bits per heavy atom. The lowest BCUT2D eigenvalue weighted by Gasteiger charge is -2.33. The highest BCUT2D eigenvalue weighted by Crippen LogP contribution is 2.38. The van der Waals surface area contributed by atoms with Crippen LogP contribution in [0.1, 0.15) is 86.0 Å². The Morgan fingerprint density at radius 1 is 0.926 bits per heavy atom. The van der Waals surface area contributed by atoms with Crippen molar-refractivity contribution in [1.82, 2.24) is 15.2 Å². The van der Waals surface area contributed by atoms with E-state index in [1.807, 2.05) is 68.7 Å². The molecule has 10 nitrogen and oxygen atoms in total. The van der Waals surface area contributed by atoms with Gasteiger partial charge in [-0.1, -0.05) is 63.4 Å². The number of carbonyl (C=O) groups excluding carboxylic acids is 3. The number of aromatic nitrogens is 1. The van der Waals surface area contributed by atoms with Gasteiger partial charge in [-0.2, -0.15) is 0 Å². The lowest BCUT2D eigenvalue weighted by Crippen LogP contribution is -2.49. The van der Waals surface area contributed by atoms with Gasteiger partial charge in [0.25, 0.3) is 5.91 Å². The Labute approximate surface area is 329 Å². The van der Waals surface area contributed by atoms with E-state index in [0.29, 0.717) is 70.3 Å². The van der Waals surface area contributed by atoms with Gasteiger partial charge in [0.05, 0.1) is 55.2 Å². The van der Waals surface area contributed by atoms with Crippen molar-refractivity contribution in [2.24, 2.45) is 17.8 Å². The Kier molecular flexibility index (Phi) is 16.8. The highest BCUT2D eigenvalue weighted by atomic mass is 35.5. The summed E-state index contributed by atoms with van der Waals surface area (Å²) in [5.74, 6) is 0.143. The largest absolute Gasteiger partial charge is 0.491 e. The predicted octanol–water partition coefficient (Wildman–Crippen LogP) is 7.63. The van der Waals surface area contributed by atoms with Crippen molar-refractivity contribution in [3.8, 4) is 16.2 Å². The fraction of sp³-hybridized carbons (Fsp3) is 0.571. The van der Waals surface area contributed by atoms with E-state index in [0.717, 1.165) is 71.9 Å². The second-order valence-electron chi connectivity index (χ2n) is 14.4. The number of carbonyl (C=O) groups is 3. The van der Waals surface area contributed by atoms with Crippen molar-refractivity contribution < 1.29 is 33.3 Å². The summed E-state index contributed by atoms with van der Waals surface area (Å²) in [5.41, 5.74) is 6.19. The number of nitrogens with one attached hydrogen (secondary N) is 1. The van der Waals surface area contributed by atoms with E-state index in [-0.39, 0.29) is 30.1 Å². The van der Waals surface area contributed by atoms with Crippen LogP contribution in [0.2, 0.25) is 0 Å². The van der Waals surface area contributed by atoms with Gasteiger partial charge in [-0.3, -0.25) is 14.4 Å². The molecule has 0 saturated heterocycles. The predicted molar refractivity (Wildman–Crippen MR) is 212 cm³/mol. The normalized spacial score (nSPS) is 17.3. The van der Waals surface area contributed by atoms with Crippen LogP contribution in [0.15, 0.2) is 48.0 Å². The maximum absolute atomic E-state index is 14.2. The molecule has 12 heteroatoms. The monoisotopic (exact) mass is 781 g/mol. The maximum Gasteiger partial charge on any atom is 0.255 e. The molecule has 3 aromatic rings. The first-order chi connectivity index (χ1) is 26.3. The van der Waals surface area contributed by atoms with Crippen LogP contribution in [0.5, 0.6) is 5.75 Å². The molecule has 1 aromatic heterocycles. The molecule has 2 amide bonds. The zero-order valence-corrected chi connectivity index (χ0v) is 33.6. The van der Waals surface area contributed by atoms with E-state index in [2.05, 4.69) is 10.3 Å². The molecule has 1 saturated carbocycles. The number of fused-ring (bicyclic) bond motifs is 1. The van der Waals surface area contributed by atoms with Gasteiger partial charge in [0.1, 0.15) is 12.4 Å². The standard InChI is InChI=1S/C42H56ClN3O7S/c1-29(2)38(46-27-33-11-6-7-12-34(33)42(46)49)39(47)35-13-10-14-36(35)41(48)44-26-32-16-15-31(40-30(3)45-28-54-40)25-37(32)53-24-23-52-22-21-51-20-19-50-18-9-5-4-8-17-43/h6-7,11-12,15-16,25,28-29,35-36,38H,4-5,8-10,13-14,17-24,26-27H2,1-3H3,(H,44,48). The van der Waals surface area contributed by atoms with Gasteiger partial charge in [0.15, 0.2) is 5.78 Å². The Hall–Kier alpha value is -3.35. The fourth-order valence-electron chi connectivity index (χ4n) is 7.45. The SMILES string of the molecule is Cc1ncsc1-c1ccc(CNC(=O)C2CCCC2C(=O)C(C(C)C)N2Cc3ccccc3C2=O)c(OCCOCCOCCOCCCCCCCl)c1. The summed E-state index contributed by atoms with van der Waals surface area (Å²) in [6.07, 6.45) is 6.44. The minimum Gasteiger partial charge on any atom is -0.491 e. The summed E-state index contributed by atoms with van der Waals surface area (Å²) >= 11 is 7.28. The number of Topliss-reactive ketones (excluding diaryl/α,β-unsaturated/α-hetero) is 1. The molecule has 1 fully saturated rings. The van der Waals surface area contributed by atoms with Crippen LogP contribution in [0.25, 0.3) is 10.4 Å². The highest BCUT2D eigenvalue weighted by Gasteiger charge is 2.45. The molecule has 0 spiro atoms. The van der Waals surface area contributed by atoms with Crippen molar-refractivity contribution in [2.75, 3.05) is 52.1 Å². The van der Waals surface area contributed by atoms with E-state index in [9.17, 15) is 14.4 Å². The number of alkyl halides is 1. The quantitative estimate of drug-likeness (QED) is 0.0729. The fourth-order valence-corrected chi connectivity index (χ4v) is 8.44. The molecule has 5 rings (SSSR count). The van der Waals surface area contributed by atoms with E-state index in [1.165, 1.54) is 0 Å². The number of hydrogen-bond donors (Lipinski definition) is 1. The smallest absolute Gasteiger partial charge is 0.255 e.